The Morgan fingerprint density at radius 1 is 1.00 bits per heavy atom. The number of alkyl halides is 2. The monoisotopic (exact) mass is 638 g/mol. The van der Waals surface area contributed by atoms with Gasteiger partial charge in [-0.3, -0.25) is 24.1 Å². The fraction of sp³-hybridized carbons (Fsp3) is 0.312. The molecule has 43 heavy (non-hydrogen) atoms. The van der Waals surface area contributed by atoms with Gasteiger partial charge in [-0.05, 0) is 78.6 Å². The number of hydrogen-bond donors (Lipinski definition) is 1. The molecular weight excluding hydrogens is 614 g/mol. The average Bonchev–Trinajstić information content (AvgIpc) is 3.62. The first-order chi connectivity index (χ1) is 20.5. The zero-order valence-electron chi connectivity index (χ0n) is 22.8. The molecule has 4 amide bonds. The van der Waals surface area contributed by atoms with Crippen LogP contribution in [0.2, 0.25) is 0 Å². The van der Waals surface area contributed by atoms with Crippen molar-refractivity contribution >= 4 is 63.9 Å². The van der Waals surface area contributed by atoms with Gasteiger partial charge in [0.1, 0.15) is 11.6 Å². The Morgan fingerprint density at radius 2 is 1.74 bits per heavy atom. The lowest BCUT2D eigenvalue weighted by atomic mass is 9.56. The number of phenolic OH excluding ortho intramolecular Hbond substituents is 1. The lowest BCUT2D eigenvalue weighted by Crippen LogP contribution is -2.60. The second-order valence-electron chi connectivity index (χ2n) is 11.6. The number of phenols is 1. The van der Waals surface area contributed by atoms with Crippen molar-refractivity contribution in [3.8, 4) is 5.75 Å². The summed E-state index contributed by atoms with van der Waals surface area (Å²) in [5, 5.41) is 12.2. The van der Waals surface area contributed by atoms with Gasteiger partial charge in [0.2, 0.25) is 11.8 Å². The van der Waals surface area contributed by atoms with Crippen LogP contribution in [0.3, 0.4) is 0 Å². The molecule has 1 aromatic heterocycles. The molecule has 0 radical (unpaired) electrons. The molecule has 2 aromatic carbocycles. The molecule has 4 aliphatic rings. The van der Waals surface area contributed by atoms with E-state index in [1.54, 1.807) is 19.1 Å². The minimum atomic E-state index is -2.01. The quantitative estimate of drug-likeness (QED) is 0.226. The van der Waals surface area contributed by atoms with Crippen LogP contribution in [0.4, 0.5) is 10.1 Å². The number of halogens is 3. The zero-order valence-corrected chi connectivity index (χ0v) is 25.1. The summed E-state index contributed by atoms with van der Waals surface area (Å²) in [5.41, 5.74) is 1.85. The highest BCUT2D eigenvalue weighted by molar-refractivity contribution is 7.09. The molecule has 7 rings (SSSR count). The molecule has 0 bridgehead atoms. The standard InChI is InChI=1S/C32H25Cl2FN2O5S/c1-16-13-17(4-11-24(16)38)26-21-9-10-22-25(28(40)36(27(22)39)15-20-3-2-12-43-20)23(21)14-31(33)29(41)37(30(42)32(26,31)34)19-7-5-18(35)6-8-19/h2-9,11-13,22-23,25-26,38H,10,14-15H2,1H3. The Labute approximate surface area is 260 Å². The van der Waals surface area contributed by atoms with E-state index < -0.39 is 51.1 Å². The molecular formula is C32H25Cl2FN2O5S. The Kier molecular flexibility index (Phi) is 6.40. The lowest BCUT2D eigenvalue weighted by Gasteiger charge is -2.50. The maximum atomic E-state index is 14.3. The second-order valence-corrected chi connectivity index (χ2v) is 13.9. The molecule has 3 fully saturated rings. The molecule has 6 atom stereocenters. The first kappa shape index (κ1) is 28.3. The van der Waals surface area contributed by atoms with Crippen molar-refractivity contribution < 1.29 is 28.7 Å². The van der Waals surface area contributed by atoms with E-state index in [0.29, 0.717) is 16.7 Å². The normalized spacial score (nSPS) is 31.7. The minimum absolute atomic E-state index is 0.0390. The van der Waals surface area contributed by atoms with Gasteiger partial charge >= 0.3 is 0 Å². The van der Waals surface area contributed by atoms with Crippen molar-refractivity contribution in [3.05, 3.63) is 93.4 Å². The number of anilines is 1. The molecule has 3 aromatic rings. The highest BCUT2D eigenvalue weighted by Crippen LogP contribution is 2.66. The van der Waals surface area contributed by atoms with E-state index in [2.05, 4.69) is 0 Å². The number of carbonyl (C=O) groups excluding carboxylic acids is 4. The molecule has 2 aliphatic heterocycles. The Hall–Kier alpha value is -3.53. The maximum absolute atomic E-state index is 14.3. The summed E-state index contributed by atoms with van der Waals surface area (Å²) in [4.78, 5) is 55.2. The first-order valence-electron chi connectivity index (χ1n) is 13.9. The van der Waals surface area contributed by atoms with Gasteiger partial charge in [0.15, 0.2) is 9.75 Å². The van der Waals surface area contributed by atoms with Gasteiger partial charge in [0, 0.05) is 10.8 Å². The highest BCUT2D eigenvalue weighted by Gasteiger charge is 2.76. The number of hydrogen-bond acceptors (Lipinski definition) is 6. The minimum Gasteiger partial charge on any atom is -0.508 e. The van der Waals surface area contributed by atoms with Crippen molar-refractivity contribution in [3.63, 3.8) is 0 Å². The molecule has 11 heteroatoms. The average molecular weight is 640 g/mol. The SMILES string of the molecule is Cc1cc(C2C3=CCC4C(=O)N(Cc5cccs5)C(=O)C4C3CC3(Cl)C(=O)N(c4ccc(F)cc4)C(=O)C23Cl)ccc1O. The highest BCUT2D eigenvalue weighted by atomic mass is 35.5. The van der Waals surface area contributed by atoms with Crippen LogP contribution < -0.4 is 4.90 Å². The molecule has 3 heterocycles. The van der Waals surface area contributed by atoms with E-state index in [9.17, 15) is 28.7 Å². The van der Waals surface area contributed by atoms with E-state index in [1.165, 1.54) is 34.4 Å². The maximum Gasteiger partial charge on any atom is 0.258 e. The Balaban J connectivity index is 1.38. The second kappa shape index (κ2) is 9.74. The van der Waals surface area contributed by atoms with Gasteiger partial charge in [0.05, 0.1) is 24.1 Å². The molecule has 6 unspecified atom stereocenters. The predicted octanol–water partition coefficient (Wildman–Crippen LogP) is 5.66. The number of thiophene rings is 1. The van der Waals surface area contributed by atoms with Crippen LogP contribution in [0.25, 0.3) is 0 Å². The third-order valence-corrected chi connectivity index (χ3v) is 11.7. The van der Waals surface area contributed by atoms with Crippen LogP contribution >= 0.6 is 34.5 Å². The summed E-state index contributed by atoms with van der Waals surface area (Å²) in [6.07, 6.45) is 1.99. The number of allylic oxidation sites excluding steroid dienone is 2. The van der Waals surface area contributed by atoms with Crippen LogP contribution in [0.5, 0.6) is 5.75 Å². The van der Waals surface area contributed by atoms with Crippen LogP contribution in [-0.4, -0.2) is 43.4 Å². The fourth-order valence-electron chi connectivity index (χ4n) is 7.41. The third-order valence-electron chi connectivity index (χ3n) is 9.44. The van der Waals surface area contributed by atoms with Crippen LogP contribution in [-0.2, 0) is 25.7 Å². The number of rotatable bonds is 4. The van der Waals surface area contributed by atoms with Crippen molar-refractivity contribution in [2.45, 2.75) is 42.0 Å². The zero-order chi connectivity index (χ0) is 30.4. The summed E-state index contributed by atoms with van der Waals surface area (Å²) >= 11 is 16.1. The molecule has 1 N–H and O–H groups in total. The molecule has 0 spiro atoms. The van der Waals surface area contributed by atoms with Crippen molar-refractivity contribution in [2.24, 2.45) is 17.8 Å². The van der Waals surface area contributed by atoms with Crippen molar-refractivity contribution in [2.75, 3.05) is 4.90 Å². The number of carbonyl (C=O) groups is 4. The van der Waals surface area contributed by atoms with E-state index in [0.717, 1.165) is 21.9 Å². The fourth-order valence-corrected chi connectivity index (χ4v) is 9.04. The van der Waals surface area contributed by atoms with Crippen molar-refractivity contribution in [1.29, 1.82) is 0 Å². The van der Waals surface area contributed by atoms with Gasteiger partial charge in [-0.1, -0.05) is 29.8 Å². The number of aryl methyl sites for hydroxylation is 1. The van der Waals surface area contributed by atoms with Gasteiger partial charge in [-0.25, -0.2) is 9.29 Å². The summed E-state index contributed by atoms with van der Waals surface area (Å²) in [5.74, 6) is -5.67. The van der Waals surface area contributed by atoms with Crippen LogP contribution in [0.15, 0.2) is 71.6 Å². The number of nitrogens with zero attached hydrogens (tertiary/aromatic N) is 2. The van der Waals surface area contributed by atoms with Crippen LogP contribution in [0.1, 0.15) is 34.8 Å². The van der Waals surface area contributed by atoms with Gasteiger partial charge in [0.25, 0.3) is 11.8 Å². The number of imide groups is 2. The first-order valence-corrected chi connectivity index (χ1v) is 15.5. The number of amides is 4. The summed E-state index contributed by atoms with van der Waals surface area (Å²) in [6, 6.07) is 13.4. The van der Waals surface area contributed by atoms with E-state index >= 15 is 0 Å². The van der Waals surface area contributed by atoms with Crippen molar-refractivity contribution in [1.82, 2.24) is 4.90 Å². The number of fused-ring (bicyclic) bond motifs is 4. The summed E-state index contributed by atoms with van der Waals surface area (Å²) in [6.45, 7) is 1.86. The number of benzene rings is 2. The molecule has 2 saturated heterocycles. The van der Waals surface area contributed by atoms with E-state index in [1.807, 2.05) is 23.6 Å². The molecule has 2 aliphatic carbocycles. The van der Waals surface area contributed by atoms with Gasteiger partial charge in [-0.15, -0.1) is 34.5 Å². The van der Waals surface area contributed by atoms with E-state index in [-0.39, 0.29) is 42.6 Å². The van der Waals surface area contributed by atoms with Crippen LogP contribution in [0, 0.1) is 30.5 Å². The molecule has 1 saturated carbocycles. The molecule has 220 valence electrons. The topological polar surface area (TPSA) is 95.0 Å². The summed E-state index contributed by atoms with van der Waals surface area (Å²) < 4.78 is 13.8. The third kappa shape index (κ3) is 3.84. The summed E-state index contributed by atoms with van der Waals surface area (Å²) in [7, 11) is 0. The Bertz CT molecular complexity index is 1740. The lowest BCUT2D eigenvalue weighted by molar-refractivity contribution is -0.141. The van der Waals surface area contributed by atoms with Gasteiger partial charge < -0.3 is 5.11 Å². The van der Waals surface area contributed by atoms with E-state index in [4.69, 9.17) is 23.2 Å². The molecule has 7 nitrogen and oxygen atoms in total. The smallest absolute Gasteiger partial charge is 0.258 e. The van der Waals surface area contributed by atoms with Gasteiger partial charge in [-0.2, -0.15) is 0 Å². The predicted molar refractivity (Wildman–Crippen MR) is 159 cm³/mol. The largest absolute Gasteiger partial charge is 0.508 e. The number of aromatic hydroxyl groups is 1. The number of likely N-dealkylation sites (tertiary alicyclic amines) is 1. The Morgan fingerprint density at radius 3 is 2.42 bits per heavy atom.